The van der Waals surface area contributed by atoms with Gasteiger partial charge in [-0.05, 0) is 30.4 Å². The minimum atomic E-state index is 0.349. The second kappa shape index (κ2) is 5.99. The van der Waals surface area contributed by atoms with Gasteiger partial charge in [-0.2, -0.15) is 0 Å². The van der Waals surface area contributed by atoms with E-state index in [-0.39, 0.29) is 0 Å². The maximum atomic E-state index is 6.36. The molecule has 1 aromatic heterocycles. The van der Waals surface area contributed by atoms with E-state index in [0.29, 0.717) is 15.6 Å². The molecule has 3 aromatic rings. The van der Waals surface area contributed by atoms with Crippen LogP contribution in [-0.2, 0) is 0 Å². The predicted octanol–water partition coefficient (Wildman–Crippen LogP) is 5.39. The van der Waals surface area contributed by atoms with Gasteiger partial charge in [0.1, 0.15) is 0 Å². The fourth-order valence-corrected chi connectivity index (χ4v) is 2.89. The number of aromatic nitrogens is 1. The highest BCUT2D eigenvalue weighted by molar-refractivity contribution is 7.71. The van der Waals surface area contributed by atoms with E-state index in [0.717, 1.165) is 22.5 Å². The molecule has 0 amide bonds. The summed E-state index contributed by atoms with van der Waals surface area (Å²) in [6, 6.07) is 15.8. The summed E-state index contributed by atoms with van der Waals surface area (Å²) in [7, 11) is 3.91. The Morgan fingerprint density at radius 2 is 1.77 bits per heavy atom. The van der Waals surface area contributed by atoms with Crippen molar-refractivity contribution >= 4 is 29.5 Å². The topological polar surface area (TPSA) is 32.2 Å². The summed E-state index contributed by atoms with van der Waals surface area (Å²) < 4.78 is 5.70. The van der Waals surface area contributed by atoms with Crippen molar-refractivity contribution in [3.8, 4) is 22.6 Å². The first kappa shape index (κ1) is 14.9. The van der Waals surface area contributed by atoms with Crippen molar-refractivity contribution in [2.75, 3.05) is 19.0 Å². The van der Waals surface area contributed by atoms with Crippen LogP contribution in [0.3, 0.4) is 0 Å². The van der Waals surface area contributed by atoms with Crippen molar-refractivity contribution in [3.63, 3.8) is 0 Å². The summed E-state index contributed by atoms with van der Waals surface area (Å²) in [6.45, 7) is 0. The number of nitrogens with zero attached hydrogens (tertiary/aromatic N) is 1. The lowest BCUT2D eigenvalue weighted by atomic mass is 10.1. The number of oxazole rings is 1. The highest BCUT2D eigenvalue weighted by Crippen LogP contribution is 2.35. The van der Waals surface area contributed by atoms with Gasteiger partial charge in [-0.25, -0.2) is 0 Å². The highest BCUT2D eigenvalue weighted by atomic mass is 35.5. The average Bonchev–Trinajstić information content (AvgIpc) is 2.89. The molecule has 0 bridgehead atoms. The molecular formula is C17H15ClN2OS. The molecule has 0 fully saturated rings. The van der Waals surface area contributed by atoms with Crippen molar-refractivity contribution in [1.29, 1.82) is 0 Å². The van der Waals surface area contributed by atoms with E-state index in [1.807, 2.05) is 67.5 Å². The van der Waals surface area contributed by atoms with Crippen LogP contribution in [0, 0.1) is 4.84 Å². The zero-order chi connectivity index (χ0) is 15.7. The molecule has 0 radical (unpaired) electrons. The molecule has 2 aromatic carbocycles. The van der Waals surface area contributed by atoms with Crippen LogP contribution >= 0.6 is 23.8 Å². The van der Waals surface area contributed by atoms with Gasteiger partial charge < -0.3 is 14.3 Å². The molecule has 0 saturated heterocycles. The molecule has 1 N–H and O–H groups in total. The summed E-state index contributed by atoms with van der Waals surface area (Å²) in [4.78, 5) is 5.43. The first-order chi connectivity index (χ1) is 10.6. The Kier molecular flexibility index (Phi) is 4.05. The Labute approximate surface area is 139 Å². The number of nitrogens with one attached hydrogen (secondary N) is 1. The zero-order valence-corrected chi connectivity index (χ0v) is 13.8. The Bertz CT molecular complexity index is 853. The molecule has 0 atom stereocenters. The molecule has 0 saturated carbocycles. The number of hydrogen-bond acceptors (Lipinski definition) is 3. The van der Waals surface area contributed by atoms with Crippen molar-refractivity contribution in [1.82, 2.24) is 4.98 Å². The molecule has 5 heteroatoms. The maximum Gasteiger partial charge on any atom is 0.266 e. The maximum absolute atomic E-state index is 6.36. The molecule has 0 spiro atoms. The van der Waals surface area contributed by atoms with Crippen LogP contribution in [0.4, 0.5) is 5.69 Å². The predicted molar refractivity (Wildman–Crippen MR) is 94.1 cm³/mol. The number of anilines is 1. The van der Waals surface area contributed by atoms with Crippen molar-refractivity contribution < 1.29 is 4.42 Å². The fourth-order valence-electron chi connectivity index (χ4n) is 2.35. The Hall–Kier alpha value is -2.04. The first-order valence-electron chi connectivity index (χ1n) is 6.82. The quantitative estimate of drug-likeness (QED) is 0.653. The number of H-pyrrole nitrogens is 1. The summed E-state index contributed by atoms with van der Waals surface area (Å²) in [6.07, 6.45) is 0. The van der Waals surface area contributed by atoms with Crippen LogP contribution < -0.4 is 4.90 Å². The highest BCUT2D eigenvalue weighted by Gasteiger charge is 2.14. The summed E-state index contributed by atoms with van der Waals surface area (Å²) in [5.74, 6) is 0.698. The smallest absolute Gasteiger partial charge is 0.266 e. The molecule has 3 rings (SSSR count). The van der Waals surface area contributed by atoms with Crippen LogP contribution in [0.1, 0.15) is 0 Å². The molecule has 22 heavy (non-hydrogen) atoms. The van der Waals surface area contributed by atoms with Gasteiger partial charge >= 0.3 is 0 Å². The van der Waals surface area contributed by atoms with Gasteiger partial charge in [-0.15, -0.1) is 0 Å². The standard InChI is InChI=1S/C17H15ClN2OS/c1-20(2)14-9-8-12(10-13(14)18)16-15(19-17(22)21-16)11-6-4-3-5-7-11/h3-10H,1-2H3,(H,19,22). The van der Waals surface area contributed by atoms with Gasteiger partial charge in [-0.3, -0.25) is 0 Å². The third-order valence-electron chi connectivity index (χ3n) is 3.40. The zero-order valence-electron chi connectivity index (χ0n) is 12.3. The molecule has 0 unspecified atom stereocenters. The largest absolute Gasteiger partial charge is 0.429 e. The van der Waals surface area contributed by atoms with Crippen molar-refractivity contribution in [3.05, 3.63) is 58.4 Å². The number of halogens is 1. The van der Waals surface area contributed by atoms with E-state index < -0.39 is 0 Å². The minimum absolute atomic E-state index is 0.349. The first-order valence-corrected chi connectivity index (χ1v) is 7.60. The second-order valence-corrected chi connectivity index (χ2v) is 5.92. The minimum Gasteiger partial charge on any atom is -0.429 e. The van der Waals surface area contributed by atoms with E-state index in [2.05, 4.69) is 4.98 Å². The van der Waals surface area contributed by atoms with Gasteiger partial charge in [0.2, 0.25) is 0 Å². The van der Waals surface area contributed by atoms with Gasteiger partial charge in [-0.1, -0.05) is 41.9 Å². The third-order valence-corrected chi connectivity index (χ3v) is 3.89. The van der Waals surface area contributed by atoms with E-state index >= 15 is 0 Å². The van der Waals surface area contributed by atoms with Crippen LogP contribution in [0.2, 0.25) is 5.02 Å². The van der Waals surface area contributed by atoms with Crippen molar-refractivity contribution in [2.45, 2.75) is 0 Å². The average molecular weight is 331 g/mol. The number of hydrogen-bond donors (Lipinski definition) is 1. The SMILES string of the molecule is CN(C)c1ccc(-c2oc(=S)[nH]c2-c2ccccc2)cc1Cl. The molecule has 112 valence electrons. The molecule has 3 nitrogen and oxygen atoms in total. The van der Waals surface area contributed by atoms with E-state index in [4.69, 9.17) is 28.2 Å². The van der Waals surface area contributed by atoms with Gasteiger partial charge in [0.25, 0.3) is 4.84 Å². The Balaban J connectivity index is 2.14. The molecule has 0 aliphatic rings. The van der Waals surface area contributed by atoms with E-state index in [1.165, 1.54) is 0 Å². The van der Waals surface area contributed by atoms with Gasteiger partial charge in [0.15, 0.2) is 5.76 Å². The number of rotatable bonds is 3. The van der Waals surface area contributed by atoms with Crippen LogP contribution in [-0.4, -0.2) is 19.1 Å². The number of benzene rings is 2. The molecule has 0 aliphatic heterocycles. The lowest BCUT2D eigenvalue weighted by molar-refractivity contribution is 0.554. The molecule has 0 aliphatic carbocycles. The van der Waals surface area contributed by atoms with E-state index in [1.54, 1.807) is 0 Å². The summed E-state index contributed by atoms with van der Waals surface area (Å²) in [5.41, 5.74) is 3.73. The number of aromatic amines is 1. The van der Waals surface area contributed by atoms with Crippen LogP contribution in [0.25, 0.3) is 22.6 Å². The van der Waals surface area contributed by atoms with Gasteiger partial charge in [0, 0.05) is 25.2 Å². The van der Waals surface area contributed by atoms with Crippen molar-refractivity contribution in [2.24, 2.45) is 0 Å². The Morgan fingerprint density at radius 1 is 1.05 bits per heavy atom. The fraction of sp³-hybridized carbons (Fsp3) is 0.118. The molecule has 1 heterocycles. The summed E-state index contributed by atoms with van der Waals surface area (Å²) >= 11 is 11.5. The lowest BCUT2D eigenvalue weighted by Gasteiger charge is -2.14. The summed E-state index contributed by atoms with van der Waals surface area (Å²) in [5, 5.41) is 0.670. The second-order valence-electron chi connectivity index (χ2n) is 5.15. The third kappa shape index (κ3) is 2.80. The Morgan fingerprint density at radius 3 is 2.41 bits per heavy atom. The normalized spacial score (nSPS) is 10.7. The van der Waals surface area contributed by atoms with Crippen LogP contribution in [0.15, 0.2) is 52.9 Å². The van der Waals surface area contributed by atoms with Crippen LogP contribution in [0.5, 0.6) is 0 Å². The van der Waals surface area contributed by atoms with Gasteiger partial charge in [0.05, 0.1) is 16.4 Å². The molecular weight excluding hydrogens is 316 g/mol. The monoisotopic (exact) mass is 330 g/mol. The lowest BCUT2D eigenvalue weighted by Crippen LogP contribution is -2.08. The van der Waals surface area contributed by atoms with E-state index in [9.17, 15) is 0 Å².